The Kier molecular flexibility index (Phi) is 6.66. The van der Waals surface area contributed by atoms with Crippen molar-refractivity contribution in [1.82, 2.24) is 25.1 Å². The first-order chi connectivity index (χ1) is 16.5. The topological polar surface area (TPSA) is 75.6 Å². The molecule has 2 aromatic heterocycles. The third-order valence-electron chi connectivity index (χ3n) is 6.93. The summed E-state index contributed by atoms with van der Waals surface area (Å²) in [4.78, 5) is 16.1. The van der Waals surface area contributed by atoms with Crippen molar-refractivity contribution >= 4 is 40.2 Å². The molecule has 2 N–H and O–H groups in total. The zero-order valence-electron chi connectivity index (χ0n) is 19.3. The predicted molar refractivity (Wildman–Crippen MR) is 138 cm³/mol. The number of halogens is 1. The Morgan fingerprint density at radius 3 is 2.76 bits per heavy atom. The molecule has 0 saturated heterocycles. The van der Waals surface area contributed by atoms with Gasteiger partial charge in [-0.05, 0) is 48.6 Å². The summed E-state index contributed by atoms with van der Waals surface area (Å²) < 4.78 is 2.00. The second-order valence-electron chi connectivity index (χ2n) is 9.10. The zero-order chi connectivity index (χ0) is 23.7. The Labute approximate surface area is 208 Å². The van der Waals surface area contributed by atoms with Crippen molar-refractivity contribution < 1.29 is 4.79 Å². The lowest BCUT2D eigenvalue weighted by Crippen LogP contribution is -2.44. The molecule has 6 nitrogen and oxygen atoms in total. The molecule has 2 aromatic carbocycles. The monoisotopic (exact) mass is 493 g/mol. The van der Waals surface area contributed by atoms with Gasteiger partial charge in [0, 0.05) is 39.4 Å². The molecule has 0 unspecified atom stereocenters. The lowest BCUT2D eigenvalue weighted by atomic mass is 9.78. The maximum Gasteiger partial charge on any atom is 0.230 e. The summed E-state index contributed by atoms with van der Waals surface area (Å²) >= 11 is 7.55. The van der Waals surface area contributed by atoms with Crippen LogP contribution in [-0.2, 0) is 4.79 Å². The molecule has 3 atom stereocenters. The molecule has 1 saturated carbocycles. The predicted octanol–water partition coefficient (Wildman–Crippen LogP) is 6.10. The number of benzene rings is 2. The Morgan fingerprint density at radius 2 is 1.94 bits per heavy atom. The lowest BCUT2D eigenvalue weighted by Gasteiger charge is -2.34. The van der Waals surface area contributed by atoms with Gasteiger partial charge in [-0.2, -0.15) is 0 Å². The second-order valence-corrected chi connectivity index (χ2v) is 10.5. The zero-order valence-corrected chi connectivity index (χ0v) is 20.9. The molecular weight excluding hydrogens is 466 g/mol. The van der Waals surface area contributed by atoms with E-state index in [1.807, 2.05) is 53.2 Å². The van der Waals surface area contributed by atoms with Gasteiger partial charge in [0.05, 0.1) is 5.75 Å². The lowest BCUT2D eigenvalue weighted by molar-refractivity contribution is -0.120. The summed E-state index contributed by atoms with van der Waals surface area (Å²) in [5, 5.41) is 14.7. The number of hydrogen-bond acceptors (Lipinski definition) is 4. The third kappa shape index (κ3) is 4.59. The molecule has 1 aliphatic carbocycles. The molecule has 176 valence electrons. The molecule has 1 amide bonds. The van der Waals surface area contributed by atoms with Crippen LogP contribution in [0.2, 0.25) is 5.02 Å². The van der Waals surface area contributed by atoms with Crippen molar-refractivity contribution in [3.8, 4) is 17.1 Å². The molecule has 0 spiro atoms. The van der Waals surface area contributed by atoms with Gasteiger partial charge in [-0.15, -0.1) is 10.2 Å². The van der Waals surface area contributed by atoms with Crippen molar-refractivity contribution in [3.63, 3.8) is 0 Å². The van der Waals surface area contributed by atoms with Crippen LogP contribution >= 0.6 is 23.4 Å². The molecule has 0 aliphatic heterocycles. The molecule has 2 heterocycles. The highest BCUT2D eigenvalue weighted by atomic mass is 35.5. The Morgan fingerprint density at radius 1 is 1.15 bits per heavy atom. The van der Waals surface area contributed by atoms with Crippen LogP contribution in [-0.4, -0.2) is 37.5 Å². The first-order valence-corrected chi connectivity index (χ1v) is 13.1. The van der Waals surface area contributed by atoms with Crippen molar-refractivity contribution in [2.45, 2.75) is 44.3 Å². The molecule has 8 heteroatoms. The maximum absolute atomic E-state index is 12.8. The molecule has 1 fully saturated rings. The number of carbonyl (C=O) groups excluding carboxylic acids is 1. The average Bonchev–Trinajstić information content (AvgIpc) is 3.45. The van der Waals surface area contributed by atoms with E-state index in [0.717, 1.165) is 34.4 Å². The minimum Gasteiger partial charge on any atom is -0.360 e. The van der Waals surface area contributed by atoms with Crippen molar-refractivity contribution in [2.24, 2.45) is 11.8 Å². The highest BCUT2D eigenvalue weighted by Gasteiger charge is 2.28. The van der Waals surface area contributed by atoms with Gasteiger partial charge in [0.15, 0.2) is 11.0 Å². The maximum atomic E-state index is 12.8. The number of aromatic nitrogens is 4. The summed E-state index contributed by atoms with van der Waals surface area (Å²) in [6.45, 7) is 4.52. The van der Waals surface area contributed by atoms with Crippen LogP contribution in [0.25, 0.3) is 28.0 Å². The van der Waals surface area contributed by atoms with E-state index in [9.17, 15) is 4.79 Å². The average molecular weight is 494 g/mol. The fraction of sp³-hybridized carbons (Fsp3) is 0.346. The summed E-state index contributed by atoms with van der Waals surface area (Å²) in [7, 11) is 0. The normalized spacial score (nSPS) is 20.5. The van der Waals surface area contributed by atoms with Gasteiger partial charge in [0.1, 0.15) is 0 Å². The number of nitrogens with zero attached hydrogens (tertiary/aromatic N) is 3. The first-order valence-electron chi connectivity index (χ1n) is 11.7. The van der Waals surface area contributed by atoms with E-state index in [-0.39, 0.29) is 17.7 Å². The van der Waals surface area contributed by atoms with Gasteiger partial charge in [-0.3, -0.25) is 9.36 Å². The minimum atomic E-state index is 0.0373. The first kappa shape index (κ1) is 23.0. The summed E-state index contributed by atoms with van der Waals surface area (Å²) in [6.07, 6.45) is 5.41. The fourth-order valence-corrected chi connectivity index (χ4v) is 5.67. The van der Waals surface area contributed by atoms with Crippen molar-refractivity contribution in [1.29, 1.82) is 0 Å². The van der Waals surface area contributed by atoms with Gasteiger partial charge in [-0.25, -0.2) is 0 Å². The van der Waals surface area contributed by atoms with Crippen LogP contribution in [0.5, 0.6) is 0 Å². The highest BCUT2D eigenvalue weighted by Crippen LogP contribution is 2.33. The van der Waals surface area contributed by atoms with Gasteiger partial charge < -0.3 is 10.3 Å². The minimum absolute atomic E-state index is 0.0373. The van der Waals surface area contributed by atoms with Gasteiger partial charge in [0.2, 0.25) is 5.91 Å². The molecule has 0 radical (unpaired) electrons. The Balaban J connectivity index is 1.42. The number of aromatic amines is 1. The van der Waals surface area contributed by atoms with Crippen molar-refractivity contribution in [2.75, 3.05) is 5.75 Å². The molecule has 1 aliphatic rings. The number of thioether (sulfide) groups is 1. The summed E-state index contributed by atoms with van der Waals surface area (Å²) in [6, 6.07) is 15.9. The van der Waals surface area contributed by atoms with Gasteiger partial charge in [0.25, 0.3) is 0 Å². The number of nitrogens with one attached hydrogen (secondary N) is 2. The second kappa shape index (κ2) is 9.84. The molecule has 34 heavy (non-hydrogen) atoms. The van der Waals surface area contributed by atoms with E-state index in [1.54, 1.807) is 0 Å². The number of H-pyrrole nitrogens is 1. The summed E-state index contributed by atoms with van der Waals surface area (Å²) in [5.74, 6) is 2.18. The van der Waals surface area contributed by atoms with Crippen LogP contribution in [0.1, 0.15) is 33.1 Å². The van der Waals surface area contributed by atoms with Crippen LogP contribution in [0, 0.1) is 11.8 Å². The van der Waals surface area contributed by atoms with Gasteiger partial charge in [-0.1, -0.05) is 68.3 Å². The van der Waals surface area contributed by atoms with Crippen LogP contribution in [0.15, 0.2) is 59.9 Å². The number of rotatable bonds is 6. The fourth-order valence-electron chi connectivity index (χ4n) is 4.78. The number of hydrogen-bond donors (Lipinski definition) is 2. The van der Waals surface area contributed by atoms with E-state index in [4.69, 9.17) is 11.6 Å². The SMILES string of the molecule is C[C@H]1[C@H](C)CCC[C@@H]1NC(=O)CSc1nnc(-c2c[nH]c3ccccc23)n1-c1ccc(Cl)cc1. The van der Waals surface area contributed by atoms with Crippen LogP contribution in [0.4, 0.5) is 0 Å². The number of carbonyl (C=O) groups is 1. The van der Waals surface area contributed by atoms with E-state index in [1.165, 1.54) is 24.6 Å². The van der Waals surface area contributed by atoms with E-state index < -0.39 is 0 Å². The molecule has 5 rings (SSSR count). The van der Waals surface area contributed by atoms with Gasteiger partial charge >= 0.3 is 0 Å². The van der Waals surface area contributed by atoms with Crippen LogP contribution < -0.4 is 5.32 Å². The van der Waals surface area contributed by atoms with E-state index in [2.05, 4.69) is 40.4 Å². The molecule has 0 bridgehead atoms. The quantitative estimate of drug-likeness (QED) is 0.318. The number of amides is 1. The smallest absolute Gasteiger partial charge is 0.230 e. The van der Waals surface area contributed by atoms with E-state index >= 15 is 0 Å². The largest absolute Gasteiger partial charge is 0.360 e. The Bertz CT molecular complexity index is 1300. The van der Waals surface area contributed by atoms with E-state index in [0.29, 0.717) is 22.0 Å². The van der Waals surface area contributed by atoms with Crippen LogP contribution in [0.3, 0.4) is 0 Å². The number of fused-ring (bicyclic) bond motifs is 1. The third-order valence-corrected chi connectivity index (χ3v) is 8.11. The summed E-state index contributed by atoms with van der Waals surface area (Å²) in [5.41, 5.74) is 2.89. The Hall–Kier alpha value is -2.77. The number of para-hydroxylation sites is 1. The molecule has 4 aromatic rings. The molecular formula is C26H28ClN5OS. The highest BCUT2D eigenvalue weighted by molar-refractivity contribution is 7.99. The van der Waals surface area contributed by atoms with Crippen molar-refractivity contribution in [3.05, 3.63) is 59.8 Å². The standard InChI is InChI=1S/C26H28ClN5OS/c1-16-6-5-9-22(17(16)2)29-24(33)15-34-26-31-30-25(32(26)19-12-10-18(27)11-13-19)21-14-28-23-8-4-3-7-20(21)23/h3-4,7-8,10-14,16-17,22,28H,5-6,9,15H2,1-2H3,(H,29,33)/t16-,17+,22+/m1/s1.